The van der Waals surface area contributed by atoms with E-state index in [1.54, 1.807) is 17.5 Å². The molecular formula is C10H12N3SY-. The van der Waals surface area contributed by atoms with Crippen LogP contribution in [0.2, 0.25) is 0 Å². The predicted molar refractivity (Wildman–Crippen MR) is 57.2 cm³/mol. The summed E-state index contributed by atoms with van der Waals surface area (Å²) >= 11 is 1.54. The maximum Gasteiger partial charge on any atom is 0.0478 e. The number of nitrogens with one attached hydrogen (secondary N) is 1. The molecule has 2 aromatic heterocycles. The molecular weight excluding hydrogens is 283 g/mol. The van der Waals surface area contributed by atoms with Crippen molar-refractivity contribution in [1.82, 2.24) is 15.2 Å². The first kappa shape index (κ1) is 13.0. The first-order valence-electron chi connectivity index (χ1n) is 4.69. The second kappa shape index (κ2) is 5.87. The summed E-state index contributed by atoms with van der Waals surface area (Å²) in [6.07, 6.45) is 2.84. The van der Waals surface area contributed by atoms with Crippen LogP contribution >= 0.6 is 11.3 Å². The Bertz CT molecular complexity index is 396. The van der Waals surface area contributed by atoms with Gasteiger partial charge in [-0.25, -0.2) is 0 Å². The van der Waals surface area contributed by atoms with Crippen LogP contribution in [-0.2, 0) is 32.7 Å². The Kier molecular flexibility index (Phi) is 5.09. The van der Waals surface area contributed by atoms with Crippen molar-refractivity contribution < 1.29 is 32.7 Å². The first-order valence-corrected chi connectivity index (χ1v) is 5.51. The molecule has 5 heteroatoms. The Morgan fingerprint density at radius 3 is 3.00 bits per heavy atom. The van der Waals surface area contributed by atoms with Gasteiger partial charge in [0.2, 0.25) is 0 Å². The number of hydrogen-bond acceptors (Lipinski definition) is 3. The van der Waals surface area contributed by atoms with Crippen LogP contribution < -0.4 is 0 Å². The van der Waals surface area contributed by atoms with E-state index in [2.05, 4.69) is 34.4 Å². The van der Waals surface area contributed by atoms with Gasteiger partial charge < -0.3 is 16.3 Å². The summed E-state index contributed by atoms with van der Waals surface area (Å²) in [4.78, 5) is 4.52. The van der Waals surface area contributed by atoms with Gasteiger partial charge in [0.25, 0.3) is 0 Å². The van der Waals surface area contributed by atoms with E-state index in [1.807, 2.05) is 6.07 Å². The van der Waals surface area contributed by atoms with E-state index in [-0.39, 0.29) is 32.7 Å². The number of rotatable bonds is 3. The maximum atomic E-state index is 4.52. The molecule has 1 unspecified atom stereocenters. The second-order valence-corrected chi connectivity index (χ2v) is 4.08. The zero-order chi connectivity index (χ0) is 9.97. The molecule has 0 amide bonds. The smallest absolute Gasteiger partial charge is 0.0478 e. The van der Waals surface area contributed by atoms with Gasteiger partial charge in [-0.1, -0.05) is 19.5 Å². The van der Waals surface area contributed by atoms with Gasteiger partial charge in [0, 0.05) is 44.6 Å². The number of thiazole rings is 1. The molecule has 0 spiro atoms. The van der Waals surface area contributed by atoms with Gasteiger partial charge in [0.05, 0.1) is 0 Å². The SMILES string of the molecule is CCC(C)c1[c-]sc(-c2ccn[nH]2)n1.[Y]. The third kappa shape index (κ3) is 2.96. The minimum atomic E-state index is 0. The van der Waals surface area contributed by atoms with E-state index >= 15 is 0 Å². The molecule has 15 heavy (non-hydrogen) atoms. The van der Waals surface area contributed by atoms with E-state index in [4.69, 9.17) is 0 Å². The molecule has 2 aromatic rings. The van der Waals surface area contributed by atoms with Crippen molar-refractivity contribution in [2.24, 2.45) is 0 Å². The molecule has 0 bridgehead atoms. The van der Waals surface area contributed by atoms with Crippen molar-refractivity contribution in [2.75, 3.05) is 0 Å². The van der Waals surface area contributed by atoms with E-state index < -0.39 is 0 Å². The van der Waals surface area contributed by atoms with Crippen LogP contribution in [-0.4, -0.2) is 15.2 Å². The van der Waals surface area contributed by atoms with Crippen molar-refractivity contribution in [3.05, 3.63) is 23.3 Å². The number of H-pyrrole nitrogens is 1. The molecule has 0 fully saturated rings. The predicted octanol–water partition coefficient (Wildman–Crippen LogP) is 2.84. The van der Waals surface area contributed by atoms with Crippen LogP contribution in [0.1, 0.15) is 31.9 Å². The minimum Gasteiger partial charge on any atom is -0.354 e. The summed E-state index contributed by atoms with van der Waals surface area (Å²) in [5.41, 5.74) is 2.03. The normalized spacial score (nSPS) is 12.1. The number of aromatic amines is 1. The summed E-state index contributed by atoms with van der Waals surface area (Å²) in [7, 11) is 0. The third-order valence-electron chi connectivity index (χ3n) is 2.28. The Hall–Kier alpha value is -0.0561. The van der Waals surface area contributed by atoms with Crippen LogP contribution in [0.15, 0.2) is 12.3 Å². The molecule has 77 valence electrons. The topological polar surface area (TPSA) is 41.6 Å². The fourth-order valence-electron chi connectivity index (χ4n) is 1.15. The average molecular weight is 295 g/mol. The Balaban J connectivity index is 0.00000112. The molecule has 3 nitrogen and oxygen atoms in total. The molecule has 0 aromatic carbocycles. The zero-order valence-electron chi connectivity index (χ0n) is 8.82. The Labute approximate surface area is 119 Å². The third-order valence-corrected chi connectivity index (χ3v) is 3.10. The molecule has 2 heterocycles. The largest absolute Gasteiger partial charge is 0.354 e. The molecule has 0 saturated carbocycles. The Morgan fingerprint density at radius 2 is 2.40 bits per heavy atom. The van der Waals surface area contributed by atoms with Crippen molar-refractivity contribution in [3.8, 4) is 10.7 Å². The summed E-state index contributed by atoms with van der Waals surface area (Å²) in [5.74, 6) is 0.489. The standard InChI is InChI=1S/C10H12N3S.Y/c1-3-7(2)9-6-14-10(12-9)8-4-5-11-13-8;/h4-5,7H,3H2,1-2H3,(H,11,13);/q-1;. The zero-order valence-corrected chi connectivity index (χ0v) is 12.5. The monoisotopic (exact) mass is 295 g/mol. The molecule has 1 radical (unpaired) electrons. The first-order chi connectivity index (χ1) is 6.81. The second-order valence-electron chi connectivity index (χ2n) is 3.29. The van der Waals surface area contributed by atoms with Gasteiger partial charge in [-0.05, 0) is 23.4 Å². The summed E-state index contributed by atoms with van der Waals surface area (Å²) in [5, 5.41) is 11.0. The van der Waals surface area contributed by atoms with Gasteiger partial charge in [-0.15, -0.1) is 0 Å². The number of hydrogen-bond donors (Lipinski definition) is 1. The van der Waals surface area contributed by atoms with E-state index in [1.165, 1.54) is 0 Å². The molecule has 0 aliphatic carbocycles. The Morgan fingerprint density at radius 1 is 1.60 bits per heavy atom. The van der Waals surface area contributed by atoms with E-state index in [0.717, 1.165) is 22.8 Å². The fraction of sp³-hybridized carbons (Fsp3) is 0.400. The van der Waals surface area contributed by atoms with Crippen molar-refractivity contribution >= 4 is 11.3 Å². The fourth-order valence-corrected chi connectivity index (χ4v) is 1.97. The average Bonchev–Trinajstić information content (AvgIpc) is 2.86. The van der Waals surface area contributed by atoms with Crippen LogP contribution in [0.5, 0.6) is 0 Å². The van der Waals surface area contributed by atoms with Gasteiger partial charge >= 0.3 is 0 Å². The van der Waals surface area contributed by atoms with Crippen molar-refractivity contribution in [1.29, 1.82) is 0 Å². The van der Waals surface area contributed by atoms with E-state index in [0.29, 0.717) is 5.92 Å². The van der Waals surface area contributed by atoms with Crippen LogP contribution in [0, 0.1) is 5.38 Å². The van der Waals surface area contributed by atoms with Gasteiger partial charge in [-0.3, -0.25) is 5.10 Å². The minimum absolute atomic E-state index is 0. The van der Waals surface area contributed by atoms with Crippen LogP contribution in [0.25, 0.3) is 10.7 Å². The quantitative estimate of drug-likeness (QED) is 0.885. The van der Waals surface area contributed by atoms with Crippen molar-refractivity contribution in [3.63, 3.8) is 0 Å². The van der Waals surface area contributed by atoms with Gasteiger partial charge in [-0.2, -0.15) is 10.5 Å². The number of aromatic nitrogens is 3. The van der Waals surface area contributed by atoms with Crippen LogP contribution in [0.4, 0.5) is 0 Å². The van der Waals surface area contributed by atoms with Gasteiger partial charge in [0.1, 0.15) is 0 Å². The summed E-state index contributed by atoms with van der Waals surface area (Å²) in [6, 6.07) is 1.92. The maximum absolute atomic E-state index is 4.52. The molecule has 1 N–H and O–H groups in total. The van der Waals surface area contributed by atoms with E-state index in [9.17, 15) is 0 Å². The van der Waals surface area contributed by atoms with Crippen LogP contribution in [0.3, 0.4) is 0 Å². The molecule has 0 aliphatic rings. The summed E-state index contributed by atoms with van der Waals surface area (Å²) < 4.78 is 0. The molecule has 1 atom stereocenters. The van der Waals surface area contributed by atoms with Gasteiger partial charge in [0.15, 0.2) is 0 Å². The number of nitrogens with zero attached hydrogens (tertiary/aromatic N) is 2. The molecule has 0 saturated heterocycles. The summed E-state index contributed by atoms with van der Waals surface area (Å²) in [6.45, 7) is 4.33. The molecule has 0 aliphatic heterocycles. The molecule has 2 rings (SSSR count). The van der Waals surface area contributed by atoms with Crippen molar-refractivity contribution in [2.45, 2.75) is 26.2 Å².